The first-order chi connectivity index (χ1) is 16.7. The van der Waals surface area contributed by atoms with Crippen LogP contribution in [0.3, 0.4) is 0 Å². The number of carbonyl (C=O) groups is 1. The lowest BCUT2D eigenvalue weighted by Gasteiger charge is -2.13. The molecule has 0 saturated carbocycles. The molecule has 0 N–H and O–H groups in total. The van der Waals surface area contributed by atoms with Gasteiger partial charge in [-0.15, -0.1) is 18.3 Å². The van der Waals surface area contributed by atoms with Gasteiger partial charge in [0.15, 0.2) is 5.82 Å². The summed E-state index contributed by atoms with van der Waals surface area (Å²) in [6, 6.07) is 22.4. The quantitative estimate of drug-likeness (QED) is 0.309. The van der Waals surface area contributed by atoms with Crippen LogP contribution in [0.2, 0.25) is 0 Å². The molecule has 3 aromatic carbocycles. The molecule has 1 aromatic heterocycles. The molecule has 35 heavy (non-hydrogen) atoms. The first-order valence-electron chi connectivity index (χ1n) is 10.9. The molecule has 6 nitrogen and oxygen atoms in total. The van der Waals surface area contributed by atoms with Gasteiger partial charge in [-0.25, -0.2) is 9.67 Å². The summed E-state index contributed by atoms with van der Waals surface area (Å²) in [5, 5.41) is 4.38. The second-order valence-electron chi connectivity index (χ2n) is 7.92. The van der Waals surface area contributed by atoms with E-state index in [-0.39, 0.29) is 24.2 Å². The van der Waals surface area contributed by atoms with Crippen molar-refractivity contribution < 1.29 is 27.4 Å². The van der Waals surface area contributed by atoms with Gasteiger partial charge in [0.1, 0.15) is 18.2 Å². The van der Waals surface area contributed by atoms with Crippen molar-refractivity contribution in [3.05, 3.63) is 96.3 Å². The summed E-state index contributed by atoms with van der Waals surface area (Å²) in [4.78, 5) is 16.6. The normalized spacial score (nSPS) is 12.2. The van der Waals surface area contributed by atoms with Gasteiger partial charge < -0.3 is 9.47 Å². The summed E-state index contributed by atoms with van der Waals surface area (Å²) in [6.45, 7) is 1.87. The van der Waals surface area contributed by atoms with E-state index in [4.69, 9.17) is 4.74 Å². The fraction of sp³-hybridized carbons (Fsp3) is 0.192. The van der Waals surface area contributed by atoms with Crippen LogP contribution >= 0.6 is 0 Å². The summed E-state index contributed by atoms with van der Waals surface area (Å²) in [5.74, 6) is -0.182. The van der Waals surface area contributed by atoms with Crippen LogP contribution < -0.4 is 4.74 Å². The first kappa shape index (κ1) is 24.0. The molecule has 0 saturated heterocycles. The number of esters is 1. The van der Waals surface area contributed by atoms with Crippen LogP contribution in [0.5, 0.6) is 5.75 Å². The summed E-state index contributed by atoms with van der Waals surface area (Å²) < 4.78 is 47.8. The molecule has 4 aromatic rings. The van der Waals surface area contributed by atoms with Gasteiger partial charge in [0.05, 0.1) is 12.1 Å². The number of benzene rings is 3. The molecule has 0 aliphatic heterocycles. The minimum Gasteiger partial charge on any atom is -0.462 e. The van der Waals surface area contributed by atoms with Crippen LogP contribution in [-0.4, -0.2) is 33.2 Å². The Kier molecular flexibility index (Phi) is 7.14. The average molecular weight is 481 g/mol. The first-order valence-corrected chi connectivity index (χ1v) is 10.9. The van der Waals surface area contributed by atoms with E-state index in [0.29, 0.717) is 17.9 Å². The molecule has 180 valence electrons. The molecule has 0 bridgehead atoms. The number of hydrogen-bond donors (Lipinski definition) is 0. The Morgan fingerprint density at radius 1 is 0.943 bits per heavy atom. The number of alkyl halides is 3. The van der Waals surface area contributed by atoms with E-state index in [9.17, 15) is 18.0 Å². The molecule has 9 heteroatoms. The zero-order valence-electron chi connectivity index (χ0n) is 18.8. The van der Waals surface area contributed by atoms with Crippen LogP contribution in [0.25, 0.3) is 17.1 Å². The van der Waals surface area contributed by atoms with Crippen molar-refractivity contribution >= 4 is 5.97 Å². The van der Waals surface area contributed by atoms with Crippen molar-refractivity contribution in [1.29, 1.82) is 0 Å². The Morgan fingerprint density at radius 2 is 1.63 bits per heavy atom. The van der Waals surface area contributed by atoms with Gasteiger partial charge in [-0.3, -0.25) is 4.79 Å². The molecular weight excluding hydrogens is 459 g/mol. The summed E-state index contributed by atoms with van der Waals surface area (Å²) >= 11 is 0. The van der Waals surface area contributed by atoms with E-state index in [1.165, 1.54) is 35.3 Å². The lowest BCUT2D eigenvalue weighted by Crippen LogP contribution is -2.18. The lowest BCUT2D eigenvalue weighted by molar-refractivity contribution is -0.274. The Bertz CT molecular complexity index is 1260. The molecule has 0 spiro atoms. The minimum absolute atomic E-state index is 0.146. The van der Waals surface area contributed by atoms with E-state index in [1.807, 2.05) is 49.4 Å². The van der Waals surface area contributed by atoms with Gasteiger partial charge in [-0.2, -0.15) is 0 Å². The lowest BCUT2D eigenvalue weighted by atomic mass is 10.1. The Hall–Kier alpha value is -4.14. The zero-order valence-corrected chi connectivity index (χ0v) is 18.8. The van der Waals surface area contributed by atoms with E-state index in [0.717, 1.165) is 16.7 Å². The highest BCUT2D eigenvalue weighted by Gasteiger charge is 2.31. The minimum atomic E-state index is -4.74. The Morgan fingerprint density at radius 3 is 2.29 bits per heavy atom. The predicted octanol–water partition coefficient (Wildman–Crippen LogP) is 5.55. The van der Waals surface area contributed by atoms with Crippen LogP contribution in [-0.2, 0) is 22.4 Å². The van der Waals surface area contributed by atoms with Crippen molar-refractivity contribution in [3.8, 4) is 22.8 Å². The fourth-order valence-corrected chi connectivity index (χ4v) is 3.51. The Balaban J connectivity index is 1.34. The van der Waals surface area contributed by atoms with Crippen LogP contribution in [0.1, 0.15) is 18.1 Å². The highest BCUT2D eigenvalue weighted by molar-refractivity contribution is 5.73. The maximum atomic E-state index is 12.3. The maximum Gasteiger partial charge on any atom is 0.573 e. The van der Waals surface area contributed by atoms with Crippen LogP contribution in [0, 0.1) is 0 Å². The van der Waals surface area contributed by atoms with Crippen molar-refractivity contribution in [2.45, 2.75) is 32.2 Å². The number of hydrogen-bond acceptors (Lipinski definition) is 5. The third-order valence-electron chi connectivity index (χ3n) is 5.09. The van der Waals surface area contributed by atoms with E-state index < -0.39 is 6.36 Å². The second-order valence-corrected chi connectivity index (χ2v) is 7.92. The smallest absolute Gasteiger partial charge is 0.462 e. The molecule has 4 rings (SSSR count). The number of carbonyl (C=O) groups excluding carboxylic acids is 1. The number of nitrogens with zero attached hydrogens (tertiary/aromatic N) is 3. The topological polar surface area (TPSA) is 66.2 Å². The van der Waals surface area contributed by atoms with E-state index in [2.05, 4.69) is 14.8 Å². The van der Waals surface area contributed by atoms with Gasteiger partial charge in [-0.05, 0) is 42.3 Å². The van der Waals surface area contributed by atoms with Gasteiger partial charge in [0.2, 0.25) is 0 Å². The monoisotopic (exact) mass is 481 g/mol. The number of ether oxygens (including phenoxy) is 2. The Labute approximate surface area is 200 Å². The SMILES string of the molecule is CC(Cc1ccccc1)OC(=O)Cc1ccc(-c2ncn(-c3ccc(OC(F)(F)F)cc3)n2)cc1. The average Bonchev–Trinajstić information content (AvgIpc) is 3.30. The van der Waals surface area contributed by atoms with Crippen molar-refractivity contribution in [3.63, 3.8) is 0 Å². The summed E-state index contributed by atoms with van der Waals surface area (Å²) in [7, 11) is 0. The molecule has 0 fully saturated rings. The third-order valence-corrected chi connectivity index (χ3v) is 5.09. The largest absolute Gasteiger partial charge is 0.573 e. The highest BCUT2D eigenvalue weighted by atomic mass is 19.4. The highest BCUT2D eigenvalue weighted by Crippen LogP contribution is 2.24. The summed E-state index contributed by atoms with van der Waals surface area (Å²) in [6.07, 6.45) is -2.71. The van der Waals surface area contributed by atoms with Crippen LogP contribution in [0.15, 0.2) is 85.2 Å². The van der Waals surface area contributed by atoms with Crippen molar-refractivity contribution in [1.82, 2.24) is 14.8 Å². The molecule has 1 heterocycles. The molecule has 0 aliphatic carbocycles. The fourth-order valence-electron chi connectivity index (χ4n) is 3.51. The third kappa shape index (κ3) is 6.92. The molecule has 1 atom stereocenters. The maximum absolute atomic E-state index is 12.3. The zero-order chi connectivity index (χ0) is 24.8. The predicted molar refractivity (Wildman–Crippen MR) is 123 cm³/mol. The van der Waals surface area contributed by atoms with Crippen molar-refractivity contribution in [2.75, 3.05) is 0 Å². The van der Waals surface area contributed by atoms with E-state index >= 15 is 0 Å². The second kappa shape index (κ2) is 10.4. The van der Waals surface area contributed by atoms with Crippen molar-refractivity contribution in [2.24, 2.45) is 0 Å². The number of rotatable bonds is 8. The van der Waals surface area contributed by atoms with Gasteiger partial charge in [0, 0.05) is 12.0 Å². The van der Waals surface area contributed by atoms with Crippen LogP contribution in [0.4, 0.5) is 13.2 Å². The molecule has 0 aliphatic rings. The molecule has 0 amide bonds. The van der Waals surface area contributed by atoms with E-state index in [1.54, 1.807) is 12.1 Å². The number of aromatic nitrogens is 3. The van der Waals surface area contributed by atoms with Gasteiger partial charge in [-0.1, -0.05) is 54.6 Å². The standard InChI is InChI=1S/C26H22F3N3O3/c1-18(15-19-5-3-2-4-6-19)34-24(33)16-20-7-9-21(10-8-20)25-30-17-32(31-25)22-11-13-23(14-12-22)35-26(27,28)29/h2-14,17-18H,15-16H2,1H3. The molecular formula is C26H22F3N3O3. The van der Waals surface area contributed by atoms with Gasteiger partial charge in [0.25, 0.3) is 0 Å². The molecule has 1 unspecified atom stereocenters. The molecule has 0 radical (unpaired) electrons. The summed E-state index contributed by atoms with van der Waals surface area (Å²) in [5.41, 5.74) is 3.16. The van der Waals surface area contributed by atoms with Gasteiger partial charge >= 0.3 is 12.3 Å². The number of halogens is 3.